The van der Waals surface area contributed by atoms with Crippen molar-refractivity contribution in [2.45, 2.75) is 6.92 Å². The number of aryl methyl sites for hydroxylation is 1. The molecular weight excluding hydrogens is 306 g/mol. The third-order valence-corrected chi connectivity index (χ3v) is 3.05. The number of phenols is 1. The average Bonchev–Trinajstić information content (AvgIpc) is 2.36. The number of pyridine rings is 1. The summed E-state index contributed by atoms with van der Waals surface area (Å²) in [6.45, 7) is 1.68. The molecule has 1 amide bonds. The molecule has 0 fully saturated rings. The highest BCUT2D eigenvalue weighted by molar-refractivity contribution is 6.35. The molecular formula is C13H9Cl2FN2O2. The van der Waals surface area contributed by atoms with Gasteiger partial charge in [0.05, 0.1) is 11.3 Å². The van der Waals surface area contributed by atoms with Crippen LogP contribution in [0.3, 0.4) is 0 Å². The fraction of sp³-hybridized carbons (Fsp3) is 0.0769. The monoisotopic (exact) mass is 314 g/mol. The largest absolute Gasteiger partial charge is 0.507 e. The van der Waals surface area contributed by atoms with E-state index in [2.05, 4.69) is 10.3 Å². The number of aromatic hydroxyl groups is 1. The van der Waals surface area contributed by atoms with E-state index in [4.69, 9.17) is 23.2 Å². The van der Waals surface area contributed by atoms with Crippen LogP contribution in [0.1, 0.15) is 15.9 Å². The van der Waals surface area contributed by atoms with Crippen molar-refractivity contribution in [1.82, 2.24) is 4.98 Å². The van der Waals surface area contributed by atoms with Gasteiger partial charge in [0.1, 0.15) is 16.7 Å². The lowest BCUT2D eigenvalue weighted by Crippen LogP contribution is -2.14. The van der Waals surface area contributed by atoms with Gasteiger partial charge in [-0.2, -0.15) is 0 Å². The Bertz CT molecular complexity index is 669. The number of anilines is 1. The summed E-state index contributed by atoms with van der Waals surface area (Å²) in [4.78, 5) is 15.8. The topological polar surface area (TPSA) is 62.2 Å². The smallest absolute Gasteiger partial charge is 0.259 e. The maximum Gasteiger partial charge on any atom is 0.259 e. The van der Waals surface area contributed by atoms with Crippen LogP contribution in [-0.2, 0) is 0 Å². The molecule has 2 N–H and O–H groups in total. The Kier molecular flexibility index (Phi) is 4.11. The van der Waals surface area contributed by atoms with Crippen LogP contribution in [0.5, 0.6) is 5.75 Å². The molecule has 2 aromatic rings. The third-order valence-electron chi connectivity index (χ3n) is 2.58. The molecule has 2 rings (SSSR count). The molecule has 1 aromatic heterocycles. The molecule has 0 saturated carbocycles. The van der Waals surface area contributed by atoms with Gasteiger partial charge in [0, 0.05) is 0 Å². The van der Waals surface area contributed by atoms with Crippen molar-refractivity contribution in [2.75, 3.05) is 5.32 Å². The van der Waals surface area contributed by atoms with Gasteiger partial charge in [-0.3, -0.25) is 4.79 Å². The first-order valence-electron chi connectivity index (χ1n) is 5.51. The van der Waals surface area contributed by atoms with Crippen molar-refractivity contribution < 1.29 is 14.3 Å². The van der Waals surface area contributed by atoms with Crippen molar-refractivity contribution >= 4 is 34.8 Å². The summed E-state index contributed by atoms with van der Waals surface area (Å²) in [7, 11) is 0. The molecule has 20 heavy (non-hydrogen) atoms. The summed E-state index contributed by atoms with van der Waals surface area (Å²) in [5, 5.41) is 12.2. The van der Waals surface area contributed by atoms with Crippen molar-refractivity contribution in [3.05, 3.63) is 51.5 Å². The average molecular weight is 315 g/mol. The summed E-state index contributed by atoms with van der Waals surface area (Å²) < 4.78 is 13.1. The van der Waals surface area contributed by atoms with E-state index in [9.17, 15) is 14.3 Å². The zero-order chi connectivity index (χ0) is 14.9. The number of benzene rings is 1. The van der Waals surface area contributed by atoms with Gasteiger partial charge < -0.3 is 10.4 Å². The van der Waals surface area contributed by atoms with Gasteiger partial charge in [-0.1, -0.05) is 23.2 Å². The highest BCUT2D eigenvalue weighted by Gasteiger charge is 2.16. The van der Waals surface area contributed by atoms with Crippen molar-refractivity contribution in [3.63, 3.8) is 0 Å². The van der Waals surface area contributed by atoms with Crippen LogP contribution < -0.4 is 5.32 Å². The first-order chi connectivity index (χ1) is 9.38. The number of nitrogens with zero attached hydrogens (tertiary/aromatic N) is 1. The molecule has 1 aromatic carbocycles. The Balaban J connectivity index is 2.35. The first-order valence-corrected chi connectivity index (χ1v) is 6.26. The van der Waals surface area contributed by atoms with E-state index >= 15 is 0 Å². The summed E-state index contributed by atoms with van der Waals surface area (Å²) in [5.41, 5.74) is 0.652. The molecule has 4 nitrogen and oxygen atoms in total. The lowest BCUT2D eigenvalue weighted by atomic mass is 10.1. The van der Waals surface area contributed by atoms with Crippen molar-refractivity contribution in [3.8, 4) is 5.75 Å². The van der Waals surface area contributed by atoms with Gasteiger partial charge >= 0.3 is 0 Å². The Morgan fingerprint density at radius 3 is 2.70 bits per heavy atom. The minimum absolute atomic E-state index is 0.0132. The van der Waals surface area contributed by atoms with Crippen molar-refractivity contribution in [2.24, 2.45) is 0 Å². The molecule has 0 saturated heterocycles. The lowest BCUT2D eigenvalue weighted by molar-refractivity contribution is 0.102. The van der Waals surface area contributed by atoms with E-state index in [0.29, 0.717) is 5.56 Å². The van der Waals surface area contributed by atoms with Crippen LogP contribution in [0.25, 0.3) is 0 Å². The molecule has 0 atom stereocenters. The second-order valence-corrected chi connectivity index (χ2v) is 4.79. The Morgan fingerprint density at radius 1 is 1.35 bits per heavy atom. The lowest BCUT2D eigenvalue weighted by Gasteiger charge is -2.11. The second-order valence-electron chi connectivity index (χ2n) is 4.04. The number of phenolic OH excluding ortho intramolecular Hbond substituents is 1. The molecule has 1 heterocycles. The van der Waals surface area contributed by atoms with E-state index in [0.717, 1.165) is 18.2 Å². The first kappa shape index (κ1) is 14.6. The molecule has 104 valence electrons. The van der Waals surface area contributed by atoms with Gasteiger partial charge in [0.15, 0.2) is 5.15 Å². The van der Waals surface area contributed by atoms with E-state index in [1.54, 1.807) is 6.92 Å². The number of rotatable bonds is 2. The number of hydrogen-bond donors (Lipinski definition) is 2. The molecule has 0 unspecified atom stereocenters. The molecule has 0 aliphatic rings. The quantitative estimate of drug-likeness (QED) is 0.829. The van der Waals surface area contributed by atoms with Gasteiger partial charge in [0.25, 0.3) is 5.91 Å². The minimum Gasteiger partial charge on any atom is -0.507 e. The Hall–Kier alpha value is -1.85. The van der Waals surface area contributed by atoms with E-state index < -0.39 is 11.7 Å². The second kappa shape index (κ2) is 5.64. The van der Waals surface area contributed by atoms with Crippen LogP contribution in [-0.4, -0.2) is 16.0 Å². The highest BCUT2D eigenvalue weighted by Crippen LogP contribution is 2.28. The van der Waals surface area contributed by atoms with Gasteiger partial charge in [-0.05, 0) is 36.8 Å². The van der Waals surface area contributed by atoms with Gasteiger partial charge in [-0.25, -0.2) is 9.37 Å². The van der Waals surface area contributed by atoms with Crippen molar-refractivity contribution in [1.29, 1.82) is 0 Å². The third kappa shape index (κ3) is 3.00. The van der Waals surface area contributed by atoms with Crippen LogP contribution in [0, 0.1) is 12.7 Å². The number of hydrogen-bond acceptors (Lipinski definition) is 3. The maximum atomic E-state index is 13.1. The Morgan fingerprint density at radius 2 is 2.05 bits per heavy atom. The number of nitrogens with one attached hydrogen (secondary N) is 1. The highest BCUT2D eigenvalue weighted by atomic mass is 35.5. The van der Waals surface area contributed by atoms with Gasteiger partial charge in [0.2, 0.25) is 0 Å². The summed E-state index contributed by atoms with van der Waals surface area (Å²) in [6, 6.07) is 4.60. The number of amides is 1. The zero-order valence-corrected chi connectivity index (χ0v) is 11.8. The Labute approximate surface area is 124 Å². The van der Waals surface area contributed by atoms with Crippen LogP contribution in [0.2, 0.25) is 10.3 Å². The SMILES string of the molecule is Cc1cc(Cl)nc(Cl)c1NC(=O)c1cc(F)ccc1O. The van der Waals surface area contributed by atoms with Gasteiger partial charge in [-0.15, -0.1) is 0 Å². The number of carbonyl (C=O) groups is 1. The van der Waals surface area contributed by atoms with E-state index in [-0.39, 0.29) is 27.3 Å². The molecule has 0 bridgehead atoms. The molecule has 0 aliphatic heterocycles. The normalized spacial score (nSPS) is 10.4. The summed E-state index contributed by atoms with van der Waals surface area (Å²) in [6.07, 6.45) is 0. The predicted molar refractivity (Wildman–Crippen MR) is 75.0 cm³/mol. The maximum absolute atomic E-state index is 13.1. The van der Waals surface area contributed by atoms with Crippen LogP contribution in [0.4, 0.5) is 10.1 Å². The molecule has 0 radical (unpaired) electrons. The predicted octanol–water partition coefficient (Wildman–Crippen LogP) is 3.79. The number of carbonyl (C=O) groups excluding carboxylic acids is 1. The fourth-order valence-electron chi connectivity index (χ4n) is 1.62. The molecule has 0 spiro atoms. The minimum atomic E-state index is -0.698. The summed E-state index contributed by atoms with van der Waals surface area (Å²) in [5.74, 6) is -1.67. The standard InChI is InChI=1S/C13H9Cl2FN2O2/c1-6-4-10(14)17-12(15)11(6)18-13(20)8-5-7(16)2-3-9(8)19/h2-5,19H,1H3,(H,18,20). The van der Waals surface area contributed by atoms with E-state index in [1.807, 2.05) is 0 Å². The van der Waals surface area contributed by atoms with E-state index in [1.165, 1.54) is 6.07 Å². The number of halogens is 3. The van der Waals surface area contributed by atoms with Crippen LogP contribution in [0.15, 0.2) is 24.3 Å². The summed E-state index contributed by atoms with van der Waals surface area (Å²) >= 11 is 11.6. The molecule has 0 aliphatic carbocycles. The zero-order valence-electron chi connectivity index (χ0n) is 10.2. The van der Waals surface area contributed by atoms with Crippen LogP contribution >= 0.6 is 23.2 Å². The number of aromatic nitrogens is 1. The fourth-order valence-corrected chi connectivity index (χ4v) is 2.20. The molecule has 7 heteroatoms.